The Hall–Kier alpha value is -2.76. The van der Waals surface area contributed by atoms with Crippen molar-refractivity contribution >= 4 is 15.8 Å². The minimum absolute atomic E-state index is 0. The van der Waals surface area contributed by atoms with Gasteiger partial charge in [-0.1, -0.05) is 36.3 Å². The van der Waals surface area contributed by atoms with Crippen molar-refractivity contribution in [3.8, 4) is 34.5 Å². The Labute approximate surface area is 271 Å². The molecule has 6 nitrogen and oxygen atoms in total. The number of carbonyl (C=O) groups is 1. The Balaban J connectivity index is 0.00000405. The second-order valence-corrected chi connectivity index (χ2v) is 13.3. The predicted octanol–water partition coefficient (Wildman–Crippen LogP) is 1.88. The summed E-state index contributed by atoms with van der Waals surface area (Å²) in [6.07, 6.45) is 4.25. The summed E-state index contributed by atoms with van der Waals surface area (Å²) in [5, 5.41) is 11.1. The molecule has 1 fully saturated rings. The van der Waals surface area contributed by atoms with Crippen molar-refractivity contribution in [3.63, 3.8) is 0 Å². The molecule has 1 heterocycles. The van der Waals surface area contributed by atoms with Gasteiger partial charge < -0.3 is 19.4 Å². The van der Waals surface area contributed by atoms with Crippen molar-refractivity contribution in [2.75, 3.05) is 18.1 Å². The summed E-state index contributed by atoms with van der Waals surface area (Å²) in [5.41, 5.74) is 6.93. The molecule has 3 aromatic carbocycles. The normalized spacial score (nSPS) is 16.3. The van der Waals surface area contributed by atoms with Gasteiger partial charge in [0.15, 0.2) is 0 Å². The molecule has 5 rings (SSSR count). The van der Waals surface area contributed by atoms with Gasteiger partial charge in [-0.3, -0.25) is 0 Å². The Morgan fingerprint density at radius 2 is 1.64 bits per heavy atom. The van der Waals surface area contributed by atoms with Crippen LogP contribution in [0.2, 0.25) is 0 Å². The van der Waals surface area contributed by atoms with Crippen LogP contribution in [0.4, 0.5) is 0 Å². The first-order chi connectivity index (χ1) is 19.8. The van der Waals surface area contributed by atoms with Gasteiger partial charge >= 0.3 is 29.6 Å². The number of carboxylic acid groups (broad SMARTS) is 1. The molecule has 8 heteroatoms. The van der Waals surface area contributed by atoms with Gasteiger partial charge in [0.05, 0.1) is 24.0 Å². The number of aliphatic carboxylic acids is 1. The molecule has 214 valence electrons. The molecule has 0 spiro atoms. The maximum Gasteiger partial charge on any atom is 1.00 e. The van der Waals surface area contributed by atoms with Crippen LogP contribution in [0.1, 0.15) is 60.8 Å². The molecule has 1 saturated heterocycles. The van der Waals surface area contributed by atoms with Crippen LogP contribution in [0.3, 0.4) is 0 Å². The fourth-order valence-corrected chi connectivity index (χ4v) is 7.25. The summed E-state index contributed by atoms with van der Waals surface area (Å²) in [6.45, 7) is 2.66. The SMILES string of the molecule is CC#C[C@@H](CC(=O)[O-])c1ccc(OCc2ccc3c(c2)-c2ccc(OCC4CCS(=O)(=O)CC4)cc2CCC3)cc1.[Na+]. The fourth-order valence-electron chi connectivity index (χ4n) is 5.66. The van der Waals surface area contributed by atoms with Crippen LogP contribution in [0, 0.1) is 17.8 Å². The van der Waals surface area contributed by atoms with E-state index in [4.69, 9.17) is 9.47 Å². The zero-order valence-corrected chi connectivity index (χ0v) is 27.2. The molecule has 0 amide bonds. The number of fused-ring (bicyclic) bond motifs is 3. The second-order valence-electron chi connectivity index (χ2n) is 11.0. The third-order valence-electron chi connectivity index (χ3n) is 7.97. The largest absolute Gasteiger partial charge is 1.00 e. The number of rotatable bonds is 9. The molecule has 0 unspecified atom stereocenters. The molecular formula is C34H35NaO6S. The van der Waals surface area contributed by atoms with Crippen molar-refractivity contribution in [1.29, 1.82) is 0 Å². The van der Waals surface area contributed by atoms with Crippen LogP contribution in [0.5, 0.6) is 11.5 Å². The minimum atomic E-state index is -2.87. The Morgan fingerprint density at radius 3 is 2.36 bits per heavy atom. The summed E-state index contributed by atoms with van der Waals surface area (Å²) in [7, 11) is -2.87. The molecule has 1 atom stereocenters. The van der Waals surface area contributed by atoms with E-state index < -0.39 is 21.7 Å². The minimum Gasteiger partial charge on any atom is -0.550 e. The van der Waals surface area contributed by atoms with Gasteiger partial charge in [-0.15, -0.1) is 5.92 Å². The van der Waals surface area contributed by atoms with Crippen LogP contribution in [0.15, 0.2) is 60.7 Å². The maximum atomic E-state index is 11.7. The van der Waals surface area contributed by atoms with E-state index in [-0.39, 0.29) is 53.4 Å². The van der Waals surface area contributed by atoms with Gasteiger partial charge in [-0.05, 0) is 109 Å². The fraction of sp³-hybridized carbons (Fsp3) is 0.382. The van der Waals surface area contributed by atoms with Crippen molar-refractivity contribution < 1.29 is 57.3 Å². The number of hydrogen-bond donors (Lipinski definition) is 0. The van der Waals surface area contributed by atoms with E-state index in [0.29, 0.717) is 31.8 Å². The molecule has 0 radical (unpaired) electrons. The van der Waals surface area contributed by atoms with E-state index >= 15 is 0 Å². The molecule has 1 aliphatic heterocycles. The first-order valence-electron chi connectivity index (χ1n) is 14.2. The van der Waals surface area contributed by atoms with Crippen LogP contribution in [-0.2, 0) is 34.1 Å². The Kier molecular flexibility index (Phi) is 11.2. The van der Waals surface area contributed by atoms with Crippen molar-refractivity contribution in [3.05, 3.63) is 82.9 Å². The summed E-state index contributed by atoms with van der Waals surface area (Å²) in [5.74, 6) is 6.57. The zero-order valence-electron chi connectivity index (χ0n) is 24.4. The average Bonchev–Trinajstić information content (AvgIpc) is 3.14. The van der Waals surface area contributed by atoms with Crippen LogP contribution in [-0.4, -0.2) is 32.5 Å². The smallest absolute Gasteiger partial charge is 0.550 e. The van der Waals surface area contributed by atoms with E-state index in [2.05, 4.69) is 42.2 Å². The summed E-state index contributed by atoms with van der Waals surface area (Å²) >= 11 is 0. The van der Waals surface area contributed by atoms with Gasteiger partial charge in [0.25, 0.3) is 0 Å². The van der Waals surface area contributed by atoms with E-state index in [9.17, 15) is 18.3 Å². The summed E-state index contributed by atoms with van der Waals surface area (Å²) in [4.78, 5) is 11.1. The van der Waals surface area contributed by atoms with Crippen molar-refractivity contribution in [2.24, 2.45) is 5.92 Å². The van der Waals surface area contributed by atoms with Crippen LogP contribution < -0.4 is 44.1 Å². The van der Waals surface area contributed by atoms with Gasteiger partial charge in [0, 0.05) is 12.4 Å². The molecular weight excluding hydrogens is 559 g/mol. The van der Waals surface area contributed by atoms with E-state index in [1.807, 2.05) is 30.3 Å². The zero-order chi connectivity index (χ0) is 28.8. The standard InChI is InChI=1S/C34H36O6S.Na/c1-2-4-28(21-34(35)36)26-9-11-30(12-10-26)39-23-25-7-8-27-5-3-6-29-20-31(13-14-32(29)33(27)19-25)40-22-24-15-17-41(37,38)18-16-24;/h7-14,19-20,24,28H,3,5-6,15-18,21-23H2,1H3,(H,35,36);/q;+1/p-1/t28-;/m0./s1. The van der Waals surface area contributed by atoms with Crippen LogP contribution in [0.25, 0.3) is 11.1 Å². The third-order valence-corrected chi connectivity index (χ3v) is 9.69. The molecule has 0 bridgehead atoms. The number of hydrogen-bond acceptors (Lipinski definition) is 6. The van der Waals surface area contributed by atoms with Crippen LogP contribution >= 0.6 is 0 Å². The van der Waals surface area contributed by atoms with Gasteiger partial charge in [-0.25, -0.2) is 8.42 Å². The van der Waals surface area contributed by atoms with E-state index in [0.717, 1.165) is 36.1 Å². The number of benzene rings is 3. The van der Waals surface area contributed by atoms with Gasteiger partial charge in [-0.2, -0.15) is 0 Å². The molecule has 42 heavy (non-hydrogen) atoms. The monoisotopic (exact) mass is 594 g/mol. The van der Waals surface area contributed by atoms with Gasteiger partial charge in [0.1, 0.15) is 27.9 Å². The first kappa shape index (κ1) is 32.2. The number of aryl methyl sites for hydroxylation is 2. The summed E-state index contributed by atoms with van der Waals surface area (Å²) in [6, 6.07) is 20.2. The number of ether oxygens (including phenoxy) is 2. The Morgan fingerprint density at radius 1 is 0.929 bits per heavy atom. The summed E-state index contributed by atoms with van der Waals surface area (Å²) < 4.78 is 35.6. The first-order valence-corrected chi connectivity index (χ1v) is 16.0. The molecule has 1 aliphatic carbocycles. The van der Waals surface area contributed by atoms with E-state index in [1.165, 1.54) is 22.3 Å². The molecule has 0 aromatic heterocycles. The van der Waals surface area contributed by atoms with Gasteiger partial charge in [0.2, 0.25) is 0 Å². The Bertz CT molecular complexity index is 1560. The van der Waals surface area contributed by atoms with Crippen molar-refractivity contribution in [1.82, 2.24) is 0 Å². The molecule has 0 N–H and O–H groups in total. The van der Waals surface area contributed by atoms with Crippen molar-refractivity contribution in [2.45, 2.75) is 58.0 Å². The number of carbonyl (C=O) groups excluding carboxylic acids is 1. The average molecular weight is 595 g/mol. The maximum absolute atomic E-state index is 11.7. The quantitative estimate of drug-likeness (QED) is 0.278. The molecule has 3 aromatic rings. The predicted molar refractivity (Wildman–Crippen MR) is 157 cm³/mol. The molecule has 2 aliphatic rings. The number of sulfone groups is 1. The second kappa shape index (κ2) is 14.6. The number of carboxylic acids is 1. The topological polar surface area (TPSA) is 92.7 Å². The molecule has 0 saturated carbocycles. The van der Waals surface area contributed by atoms with E-state index in [1.54, 1.807) is 6.92 Å². The third kappa shape index (κ3) is 8.41.